The monoisotopic (exact) mass is 550 g/mol. The van der Waals surface area contributed by atoms with Gasteiger partial charge in [0.2, 0.25) is 5.91 Å². The zero-order valence-corrected chi connectivity index (χ0v) is 23.9. The van der Waals surface area contributed by atoms with E-state index in [0.29, 0.717) is 32.5 Å². The molecule has 0 saturated carbocycles. The Morgan fingerprint density at radius 2 is 1.77 bits per heavy atom. The van der Waals surface area contributed by atoms with Crippen molar-refractivity contribution in [3.8, 4) is 0 Å². The lowest BCUT2D eigenvalue weighted by molar-refractivity contribution is -0.158. The molecule has 0 bridgehead atoms. The summed E-state index contributed by atoms with van der Waals surface area (Å²) >= 11 is 0. The van der Waals surface area contributed by atoms with Crippen molar-refractivity contribution in [1.29, 1.82) is 0 Å². The molecule has 1 aromatic carbocycles. The van der Waals surface area contributed by atoms with Gasteiger partial charge in [-0.05, 0) is 70.1 Å². The topological polar surface area (TPSA) is 96.4 Å². The predicted molar refractivity (Wildman–Crippen MR) is 152 cm³/mol. The number of nitrogens with zero attached hydrogens (tertiary/aromatic N) is 2. The van der Waals surface area contributed by atoms with Gasteiger partial charge >= 0.3 is 5.97 Å². The molecule has 216 valence electrons. The third kappa shape index (κ3) is 4.90. The lowest BCUT2D eigenvalue weighted by atomic mass is 9.74. The van der Waals surface area contributed by atoms with Crippen LogP contribution >= 0.6 is 0 Å². The van der Waals surface area contributed by atoms with Gasteiger partial charge in [0.05, 0.1) is 18.1 Å². The van der Waals surface area contributed by atoms with Crippen molar-refractivity contribution in [3.05, 3.63) is 53.6 Å². The smallest absolute Gasteiger partial charge is 0.313 e. The van der Waals surface area contributed by atoms with Crippen LogP contribution in [0.15, 0.2) is 42.5 Å². The van der Waals surface area contributed by atoms with Gasteiger partial charge in [0.15, 0.2) is 0 Å². The van der Waals surface area contributed by atoms with Gasteiger partial charge in [-0.2, -0.15) is 0 Å². The van der Waals surface area contributed by atoms with Crippen molar-refractivity contribution in [3.63, 3.8) is 0 Å². The molecule has 0 aromatic heterocycles. The molecule has 1 spiro atoms. The average Bonchev–Trinajstić information content (AvgIpc) is 3.24. The van der Waals surface area contributed by atoms with E-state index >= 15 is 0 Å². The molecule has 8 heteroatoms. The van der Waals surface area contributed by atoms with Gasteiger partial charge in [0.25, 0.3) is 5.91 Å². The molecule has 5 atom stereocenters. The summed E-state index contributed by atoms with van der Waals surface area (Å²) in [5.74, 6) is -2.60. The van der Waals surface area contributed by atoms with Gasteiger partial charge in [-0.1, -0.05) is 49.3 Å². The van der Waals surface area contributed by atoms with Crippen LogP contribution in [0, 0.1) is 25.7 Å². The highest BCUT2D eigenvalue weighted by atomic mass is 16.6. The van der Waals surface area contributed by atoms with E-state index in [1.807, 2.05) is 63.3 Å². The summed E-state index contributed by atoms with van der Waals surface area (Å²) in [6, 6.07) is 5.13. The molecule has 4 aliphatic rings. The number of rotatable bonds is 7. The van der Waals surface area contributed by atoms with Gasteiger partial charge in [0.1, 0.15) is 17.6 Å². The second kappa shape index (κ2) is 11.5. The molecule has 2 saturated heterocycles. The van der Waals surface area contributed by atoms with E-state index in [1.54, 1.807) is 9.80 Å². The van der Waals surface area contributed by atoms with Crippen molar-refractivity contribution in [2.24, 2.45) is 11.8 Å². The molecule has 2 fully saturated rings. The Balaban J connectivity index is 1.59. The fourth-order valence-corrected chi connectivity index (χ4v) is 7.01. The number of cyclic esters (lactones) is 1. The minimum atomic E-state index is -1.29. The number of amides is 2. The van der Waals surface area contributed by atoms with E-state index in [-0.39, 0.29) is 18.4 Å². The van der Waals surface area contributed by atoms with Gasteiger partial charge in [-0.15, -0.1) is 0 Å². The van der Waals surface area contributed by atoms with Crippen LogP contribution in [0.25, 0.3) is 0 Å². The molecule has 5 rings (SSSR count). The first-order chi connectivity index (χ1) is 19.2. The van der Waals surface area contributed by atoms with Crippen LogP contribution in [0.4, 0.5) is 5.69 Å². The van der Waals surface area contributed by atoms with E-state index in [4.69, 9.17) is 9.47 Å². The number of aryl methyl sites for hydroxylation is 2. The fraction of sp³-hybridized carbons (Fsp3) is 0.594. The van der Waals surface area contributed by atoms with Gasteiger partial charge in [-0.3, -0.25) is 14.4 Å². The number of hydrogen-bond acceptors (Lipinski definition) is 6. The predicted octanol–water partition coefficient (Wildman–Crippen LogP) is 4.01. The Morgan fingerprint density at radius 3 is 2.58 bits per heavy atom. The standard InChI is InChI=1S/C32H42N2O6/c1-22-13-14-23(2)24(21-22)33-18-12-16-32-25(26-30(38)39-20-11-7-4-8-15-31(26,3)40-32)28(36)34(27(32)29(33)37)17-9-5-6-10-19-35/h8,12-16,21,25-27,35H,4-7,9-11,17-20H2,1-3H3/b15-8-/t25-,26-,27?,31+,32-/m0/s1. The van der Waals surface area contributed by atoms with E-state index in [0.717, 1.165) is 48.9 Å². The highest BCUT2D eigenvalue weighted by Crippen LogP contribution is 2.57. The maximum atomic E-state index is 14.6. The number of benzene rings is 1. The summed E-state index contributed by atoms with van der Waals surface area (Å²) in [6.45, 7) is 6.99. The number of unbranched alkanes of at least 4 members (excludes halogenated alkanes) is 3. The van der Waals surface area contributed by atoms with Crippen LogP contribution in [0.1, 0.15) is 63.0 Å². The van der Waals surface area contributed by atoms with Crippen LogP contribution in [-0.4, -0.2) is 71.3 Å². The van der Waals surface area contributed by atoms with Gasteiger partial charge in [0, 0.05) is 25.4 Å². The molecule has 0 aliphatic carbocycles. The molecule has 2 amide bonds. The Kier molecular flexibility index (Phi) is 8.20. The van der Waals surface area contributed by atoms with Crippen molar-refractivity contribution < 1.29 is 29.0 Å². The number of carbonyl (C=O) groups is 3. The van der Waals surface area contributed by atoms with E-state index in [2.05, 4.69) is 0 Å². The zero-order valence-electron chi connectivity index (χ0n) is 23.9. The van der Waals surface area contributed by atoms with Gasteiger partial charge in [-0.25, -0.2) is 0 Å². The number of fused-ring (bicyclic) bond motifs is 2. The first kappa shape index (κ1) is 28.6. The third-order valence-electron chi connectivity index (χ3n) is 8.96. The number of likely N-dealkylation sites (tertiary alicyclic amines) is 1. The molecule has 8 nitrogen and oxygen atoms in total. The van der Waals surface area contributed by atoms with Crippen LogP contribution in [0.3, 0.4) is 0 Å². The van der Waals surface area contributed by atoms with Crippen molar-refractivity contribution in [2.75, 3.05) is 31.2 Å². The van der Waals surface area contributed by atoms with Crippen LogP contribution in [0.5, 0.6) is 0 Å². The Morgan fingerprint density at radius 1 is 0.975 bits per heavy atom. The number of esters is 1. The third-order valence-corrected chi connectivity index (χ3v) is 8.96. The van der Waals surface area contributed by atoms with Gasteiger partial charge < -0.3 is 24.4 Å². The van der Waals surface area contributed by atoms with E-state index < -0.39 is 35.0 Å². The SMILES string of the molecule is Cc1ccc(C)c(N2CC=C[C@]34O[C@]5(C)/C=C\CCCCOC(=O)[C@@H]5[C@H]3C(=O)N(CCCCCCO)C4C2=O)c1. The number of allylic oxidation sites excluding steroid dienone is 1. The lowest BCUT2D eigenvalue weighted by Crippen LogP contribution is -2.56. The maximum Gasteiger partial charge on any atom is 0.313 e. The number of aliphatic hydroxyl groups is 1. The minimum absolute atomic E-state index is 0.133. The first-order valence-electron chi connectivity index (χ1n) is 14.8. The van der Waals surface area contributed by atoms with Crippen molar-refractivity contribution in [1.82, 2.24) is 4.90 Å². The Hall–Kier alpha value is -2.97. The summed E-state index contributed by atoms with van der Waals surface area (Å²) in [4.78, 5) is 46.0. The molecule has 1 aromatic rings. The molecule has 1 N–H and O–H groups in total. The quantitative estimate of drug-likeness (QED) is 0.313. The second-order valence-corrected chi connectivity index (χ2v) is 11.9. The first-order valence-corrected chi connectivity index (χ1v) is 14.8. The highest BCUT2D eigenvalue weighted by molar-refractivity contribution is 6.06. The van der Waals surface area contributed by atoms with Crippen molar-refractivity contribution >= 4 is 23.5 Å². The van der Waals surface area contributed by atoms with Crippen LogP contribution in [-0.2, 0) is 23.9 Å². The summed E-state index contributed by atoms with van der Waals surface area (Å²) in [7, 11) is 0. The largest absolute Gasteiger partial charge is 0.465 e. The fourth-order valence-electron chi connectivity index (χ4n) is 7.01. The number of carbonyl (C=O) groups excluding carboxylic acids is 3. The molecule has 4 heterocycles. The molecule has 0 radical (unpaired) electrons. The van der Waals surface area contributed by atoms with Crippen molar-refractivity contribution in [2.45, 2.75) is 83.0 Å². The maximum absolute atomic E-state index is 14.6. The number of anilines is 1. The molecular formula is C32H42N2O6. The lowest BCUT2D eigenvalue weighted by Gasteiger charge is -2.38. The Labute approximate surface area is 237 Å². The highest BCUT2D eigenvalue weighted by Gasteiger charge is 2.74. The number of hydrogen-bond donors (Lipinski definition) is 1. The summed E-state index contributed by atoms with van der Waals surface area (Å²) in [5.41, 5.74) is 0.454. The average molecular weight is 551 g/mol. The Bertz CT molecular complexity index is 1210. The number of ether oxygens (including phenoxy) is 2. The second-order valence-electron chi connectivity index (χ2n) is 11.9. The van der Waals surface area contributed by atoms with E-state index in [9.17, 15) is 19.5 Å². The normalized spacial score (nSPS) is 32.8. The summed E-state index contributed by atoms with van der Waals surface area (Å²) in [6.07, 6.45) is 13.3. The minimum Gasteiger partial charge on any atom is -0.465 e. The summed E-state index contributed by atoms with van der Waals surface area (Å²) in [5, 5.41) is 9.18. The zero-order chi connectivity index (χ0) is 28.5. The van der Waals surface area contributed by atoms with Crippen LogP contribution in [0.2, 0.25) is 0 Å². The van der Waals surface area contributed by atoms with E-state index in [1.165, 1.54) is 0 Å². The molecule has 1 unspecified atom stereocenters. The molecule has 4 aliphatic heterocycles. The number of aliphatic hydroxyl groups excluding tert-OH is 1. The summed E-state index contributed by atoms with van der Waals surface area (Å²) < 4.78 is 12.6. The molecular weight excluding hydrogens is 508 g/mol. The molecule has 40 heavy (non-hydrogen) atoms. The van der Waals surface area contributed by atoms with Crippen LogP contribution < -0.4 is 4.90 Å².